The minimum atomic E-state index is -0.249. The number of aryl methyl sites for hydroxylation is 1. The van der Waals surface area contributed by atoms with Crippen LogP contribution in [0.1, 0.15) is 31.3 Å². The molecule has 0 aliphatic rings. The van der Waals surface area contributed by atoms with Crippen molar-refractivity contribution in [2.75, 3.05) is 5.32 Å². The minimum absolute atomic E-state index is 0.110. The van der Waals surface area contributed by atoms with Crippen LogP contribution in [-0.4, -0.2) is 24.8 Å². The van der Waals surface area contributed by atoms with Crippen LogP contribution in [0.4, 0.5) is 5.69 Å². The van der Waals surface area contributed by atoms with E-state index in [1.807, 2.05) is 73.1 Å². The van der Waals surface area contributed by atoms with Gasteiger partial charge in [0.05, 0.1) is 22.4 Å². The zero-order valence-corrected chi connectivity index (χ0v) is 18.1. The Morgan fingerprint density at radius 3 is 2.52 bits per heavy atom. The number of unbranched alkanes of at least 4 members (excludes halogenated alkanes) is 1. The largest absolute Gasteiger partial charge is 0.318 e. The summed E-state index contributed by atoms with van der Waals surface area (Å²) in [5.41, 5.74) is 3.31. The second-order valence-corrected chi connectivity index (χ2v) is 7.69. The third kappa shape index (κ3) is 3.91. The van der Waals surface area contributed by atoms with Crippen LogP contribution >= 0.6 is 0 Å². The number of carbonyl (C=O) groups is 1. The van der Waals surface area contributed by atoms with Crippen LogP contribution in [0.5, 0.6) is 0 Å². The van der Waals surface area contributed by atoms with Gasteiger partial charge >= 0.3 is 0 Å². The van der Waals surface area contributed by atoms with Crippen molar-refractivity contribution in [3.8, 4) is 5.69 Å². The summed E-state index contributed by atoms with van der Waals surface area (Å²) in [7, 11) is 1.81. The molecule has 4 rings (SSSR count). The number of rotatable bonds is 7. The number of amides is 1. The van der Waals surface area contributed by atoms with Crippen molar-refractivity contribution in [3.05, 3.63) is 76.5 Å². The van der Waals surface area contributed by atoms with E-state index in [2.05, 4.69) is 12.2 Å². The Bertz CT molecular complexity index is 1280. The quantitative estimate of drug-likeness (QED) is 0.497. The van der Waals surface area contributed by atoms with Gasteiger partial charge in [-0.05, 0) is 37.6 Å². The summed E-state index contributed by atoms with van der Waals surface area (Å²) in [5.74, 6) is 0.650. The van der Waals surface area contributed by atoms with E-state index in [1.54, 1.807) is 9.36 Å². The predicted octanol–water partition coefficient (Wildman–Crippen LogP) is 3.82. The molecule has 1 amide bonds. The van der Waals surface area contributed by atoms with Gasteiger partial charge in [-0.1, -0.05) is 43.7 Å². The summed E-state index contributed by atoms with van der Waals surface area (Å²) in [6.45, 7) is 4.07. The first-order chi connectivity index (χ1) is 15.0. The van der Waals surface area contributed by atoms with Gasteiger partial charge in [-0.2, -0.15) is 0 Å². The standard InChI is InChI=1S/C24H27N5O2/c1-4-5-15-21-25-19-13-9-10-14-20(19)28(21)16-22(30)26-23-17(2)27(3)29(24(23)31)18-11-7-6-8-12-18/h6-14H,4-5,15-16H2,1-3H3,(H,26,30). The van der Waals surface area contributed by atoms with E-state index >= 15 is 0 Å². The highest BCUT2D eigenvalue weighted by molar-refractivity contribution is 5.92. The molecule has 2 aromatic carbocycles. The van der Waals surface area contributed by atoms with Gasteiger partial charge in [0.1, 0.15) is 18.1 Å². The van der Waals surface area contributed by atoms with E-state index in [4.69, 9.17) is 4.98 Å². The monoisotopic (exact) mass is 417 g/mol. The highest BCUT2D eigenvalue weighted by Gasteiger charge is 2.19. The van der Waals surface area contributed by atoms with Crippen LogP contribution in [0.25, 0.3) is 16.7 Å². The lowest BCUT2D eigenvalue weighted by molar-refractivity contribution is -0.116. The molecule has 0 saturated carbocycles. The van der Waals surface area contributed by atoms with Gasteiger partial charge in [-0.15, -0.1) is 0 Å². The minimum Gasteiger partial charge on any atom is -0.318 e. The molecule has 0 fully saturated rings. The number of benzene rings is 2. The van der Waals surface area contributed by atoms with Crippen LogP contribution in [0, 0.1) is 6.92 Å². The number of nitrogens with zero attached hydrogens (tertiary/aromatic N) is 4. The Morgan fingerprint density at radius 2 is 1.77 bits per heavy atom. The maximum Gasteiger partial charge on any atom is 0.295 e. The molecule has 0 unspecified atom stereocenters. The number of carbonyl (C=O) groups excluding carboxylic acids is 1. The van der Waals surface area contributed by atoms with Gasteiger partial charge < -0.3 is 9.88 Å². The molecule has 0 aliphatic heterocycles. The predicted molar refractivity (Wildman–Crippen MR) is 123 cm³/mol. The fourth-order valence-electron chi connectivity index (χ4n) is 3.86. The summed E-state index contributed by atoms with van der Waals surface area (Å²) in [6.07, 6.45) is 2.87. The molecule has 0 aliphatic carbocycles. The van der Waals surface area contributed by atoms with Gasteiger partial charge in [0.15, 0.2) is 0 Å². The zero-order valence-electron chi connectivity index (χ0n) is 18.1. The molecule has 0 radical (unpaired) electrons. The van der Waals surface area contributed by atoms with Crippen molar-refractivity contribution in [1.29, 1.82) is 0 Å². The van der Waals surface area contributed by atoms with Crippen LogP contribution in [0.3, 0.4) is 0 Å². The Labute approximate surface area is 180 Å². The molecule has 31 heavy (non-hydrogen) atoms. The number of fused-ring (bicyclic) bond motifs is 1. The Hall–Kier alpha value is -3.61. The van der Waals surface area contributed by atoms with Gasteiger partial charge in [-0.3, -0.25) is 14.3 Å². The average Bonchev–Trinajstić information content (AvgIpc) is 3.22. The summed E-state index contributed by atoms with van der Waals surface area (Å²) < 4.78 is 5.27. The van der Waals surface area contributed by atoms with Crippen molar-refractivity contribution < 1.29 is 4.79 Å². The number of para-hydroxylation sites is 3. The number of nitrogens with one attached hydrogen (secondary N) is 1. The number of hydrogen-bond donors (Lipinski definition) is 1. The summed E-state index contributed by atoms with van der Waals surface area (Å²) in [4.78, 5) is 30.8. The highest BCUT2D eigenvalue weighted by atomic mass is 16.2. The van der Waals surface area contributed by atoms with Crippen LogP contribution in [-0.2, 0) is 24.8 Å². The third-order valence-electron chi connectivity index (χ3n) is 5.61. The van der Waals surface area contributed by atoms with Crippen molar-refractivity contribution >= 4 is 22.6 Å². The summed E-state index contributed by atoms with van der Waals surface area (Å²) in [6, 6.07) is 17.2. The molecule has 0 spiro atoms. The Kier molecular flexibility index (Phi) is 5.75. The lowest BCUT2D eigenvalue weighted by Gasteiger charge is -2.09. The van der Waals surface area contributed by atoms with E-state index in [0.29, 0.717) is 11.4 Å². The number of hydrogen-bond acceptors (Lipinski definition) is 3. The van der Waals surface area contributed by atoms with Gasteiger partial charge in [-0.25, -0.2) is 9.67 Å². The summed E-state index contributed by atoms with van der Waals surface area (Å²) in [5, 5.41) is 2.85. The molecule has 0 bridgehead atoms. The second-order valence-electron chi connectivity index (χ2n) is 7.69. The van der Waals surface area contributed by atoms with Gasteiger partial charge in [0, 0.05) is 13.5 Å². The molecular weight excluding hydrogens is 390 g/mol. The van der Waals surface area contributed by atoms with Crippen molar-refractivity contribution in [2.24, 2.45) is 7.05 Å². The molecular formula is C24H27N5O2. The highest BCUT2D eigenvalue weighted by Crippen LogP contribution is 2.19. The Morgan fingerprint density at radius 1 is 1.06 bits per heavy atom. The second kappa shape index (κ2) is 8.63. The fourth-order valence-corrected chi connectivity index (χ4v) is 3.86. The lowest BCUT2D eigenvalue weighted by atomic mass is 10.2. The molecule has 2 heterocycles. The van der Waals surface area contributed by atoms with Crippen molar-refractivity contribution in [1.82, 2.24) is 18.9 Å². The molecule has 4 aromatic rings. The van der Waals surface area contributed by atoms with Gasteiger partial charge in [0.25, 0.3) is 5.56 Å². The van der Waals surface area contributed by atoms with Crippen molar-refractivity contribution in [2.45, 2.75) is 39.7 Å². The molecule has 0 atom stereocenters. The lowest BCUT2D eigenvalue weighted by Crippen LogP contribution is -2.25. The zero-order chi connectivity index (χ0) is 22.0. The first kappa shape index (κ1) is 20.7. The Balaban J connectivity index is 1.64. The molecule has 0 saturated heterocycles. The molecule has 7 nitrogen and oxygen atoms in total. The van der Waals surface area contributed by atoms with Gasteiger partial charge in [0.2, 0.25) is 5.91 Å². The van der Waals surface area contributed by atoms with Crippen LogP contribution < -0.4 is 10.9 Å². The maximum absolute atomic E-state index is 13.1. The first-order valence-electron chi connectivity index (χ1n) is 10.6. The normalized spacial score (nSPS) is 11.2. The van der Waals surface area contributed by atoms with Crippen LogP contribution in [0.2, 0.25) is 0 Å². The first-order valence-corrected chi connectivity index (χ1v) is 10.6. The van der Waals surface area contributed by atoms with Crippen molar-refractivity contribution in [3.63, 3.8) is 0 Å². The van der Waals surface area contributed by atoms with E-state index < -0.39 is 0 Å². The van der Waals surface area contributed by atoms with E-state index in [0.717, 1.165) is 41.8 Å². The number of anilines is 1. The van der Waals surface area contributed by atoms with E-state index in [9.17, 15) is 9.59 Å². The third-order valence-corrected chi connectivity index (χ3v) is 5.61. The van der Waals surface area contributed by atoms with E-state index in [-0.39, 0.29) is 18.0 Å². The average molecular weight is 418 g/mol. The van der Waals surface area contributed by atoms with Crippen LogP contribution in [0.15, 0.2) is 59.4 Å². The number of aromatic nitrogens is 4. The number of imidazole rings is 1. The maximum atomic E-state index is 13.1. The SMILES string of the molecule is CCCCc1nc2ccccc2n1CC(=O)Nc1c(C)n(C)n(-c2ccccc2)c1=O. The topological polar surface area (TPSA) is 73.8 Å². The van der Waals surface area contributed by atoms with E-state index in [1.165, 1.54) is 0 Å². The molecule has 1 N–H and O–H groups in total. The molecule has 160 valence electrons. The smallest absolute Gasteiger partial charge is 0.295 e. The fraction of sp³-hybridized carbons (Fsp3) is 0.292. The summed E-state index contributed by atoms with van der Waals surface area (Å²) >= 11 is 0. The molecule has 2 aromatic heterocycles. The molecule has 7 heteroatoms.